The summed E-state index contributed by atoms with van der Waals surface area (Å²) in [5.74, 6) is -0.497. The van der Waals surface area contributed by atoms with E-state index >= 15 is 0 Å². The molecule has 0 unspecified atom stereocenters. The van der Waals surface area contributed by atoms with Crippen LogP contribution in [0.1, 0.15) is 24.2 Å². The summed E-state index contributed by atoms with van der Waals surface area (Å²) in [6.45, 7) is 5.98. The van der Waals surface area contributed by atoms with Gasteiger partial charge in [0.1, 0.15) is 0 Å². The van der Waals surface area contributed by atoms with Crippen LogP contribution in [0.5, 0.6) is 0 Å². The van der Waals surface area contributed by atoms with Crippen LogP contribution < -0.4 is 15.8 Å². The Bertz CT molecular complexity index is 732. The van der Waals surface area contributed by atoms with E-state index in [-0.39, 0.29) is 17.6 Å². The summed E-state index contributed by atoms with van der Waals surface area (Å²) in [5.41, 5.74) is 6.39. The molecule has 2 aromatic rings. The third-order valence-corrected chi connectivity index (χ3v) is 6.49. The van der Waals surface area contributed by atoms with Crippen LogP contribution in [0.2, 0.25) is 0 Å². The van der Waals surface area contributed by atoms with Gasteiger partial charge in [-0.05, 0) is 44.4 Å². The molecule has 1 heterocycles. The van der Waals surface area contributed by atoms with E-state index in [0.29, 0.717) is 5.56 Å². The lowest BCUT2D eigenvalue weighted by Gasteiger charge is -2.21. The SMILES string of the molecule is CCN(CC)c1ccc(C(=O)NNC(=O)CSc2nnc(SC)s2)cc1. The Morgan fingerprint density at radius 2 is 1.73 bits per heavy atom. The smallest absolute Gasteiger partial charge is 0.269 e. The Labute approximate surface area is 165 Å². The number of amides is 2. The average Bonchev–Trinajstić information content (AvgIpc) is 3.14. The summed E-state index contributed by atoms with van der Waals surface area (Å²) < 4.78 is 1.58. The number of hydrogen-bond donors (Lipinski definition) is 2. The standard InChI is InChI=1S/C16H21N5O2S3/c1-4-21(5-2)12-8-6-11(7-9-12)14(23)18-17-13(22)10-25-16-20-19-15(24-3)26-16/h6-9H,4-5,10H2,1-3H3,(H,17,22)(H,18,23). The molecular formula is C16H21N5O2S3. The third kappa shape index (κ3) is 5.89. The molecule has 0 fully saturated rings. The normalized spacial score (nSPS) is 10.4. The highest BCUT2D eigenvalue weighted by Crippen LogP contribution is 2.26. The van der Waals surface area contributed by atoms with Crippen LogP contribution in [-0.2, 0) is 4.79 Å². The molecule has 0 radical (unpaired) electrons. The van der Waals surface area contributed by atoms with Crippen molar-refractivity contribution in [3.8, 4) is 0 Å². The van der Waals surface area contributed by atoms with Crippen molar-refractivity contribution in [2.24, 2.45) is 0 Å². The zero-order valence-corrected chi connectivity index (χ0v) is 17.3. The highest BCUT2D eigenvalue weighted by Gasteiger charge is 2.10. The lowest BCUT2D eigenvalue weighted by atomic mass is 10.2. The van der Waals surface area contributed by atoms with Gasteiger partial charge in [0.2, 0.25) is 5.91 Å². The van der Waals surface area contributed by atoms with Gasteiger partial charge >= 0.3 is 0 Å². The van der Waals surface area contributed by atoms with Gasteiger partial charge < -0.3 is 4.90 Å². The number of rotatable bonds is 8. The number of anilines is 1. The van der Waals surface area contributed by atoms with Crippen molar-refractivity contribution in [3.05, 3.63) is 29.8 Å². The van der Waals surface area contributed by atoms with Gasteiger partial charge in [-0.25, -0.2) is 0 Å². The minimum Gasteiger partial charge on any atom is -0.372 e. The fourth-order valence-electron chi connectivity index (χ4n) is 2.11. The molecule has 0 bridgehead atoms. The summed E-state index contributed by atoms with van der Waals surface area (Å²) in [4.78, 5) is 26.2. The van der Waals surface area contributed by atoms with E-state index in [1.807, 2.05) is 18.4 Å². The van der Waals surface area contributed by atoms with Crippen LogP contribution in [0.25, 0.3) is 0 Å². The maximum atomic E-state index is 12.1. The molecule has 7 nitrogen and oxygen atoms in total. The molecular weight excluding hydrogens is 390 g/mol. The molecule has 0 aliphatic heterocycles. The first-order chi connectivity index (χ1) is 12.6. The largest absolute Gasteiger partial charge is 0.372 e. The Morgan fingerprint density at radius 3 is 2.31 bits per heavy atom. The number of hydrazine groups is 1. The number of hydrogen-bond acceptors (Lipinski definition) is 8. The first-order valence-electron chi connectivity index (χ1n) is 8.01. The zero-order valence-electron chi connectivity index (χ0n) is 14.8. The van der Waals surface area contributed by atoms with Crippen molar-refractivity contribution >= 4 is 52.4 Å². The maximum Gasteiger partial charge on any atom is 0.269 e. The van der Waals surface area contributed by atoms with E-state index in [1.54, 1.807) is 12.1 Å². The monoisotopic (exact) mass is 411 g/mol. The Balaban J connectivity index is 1.79. The molecule has 2 N–H and O–H groups in total. The van der Waals surface area contributed by atoms with Crippen molar-refractivity contribution in [3.63, 3.8) is 0 Å². The summed E-state index contributed by atoms with van der Waals surface area (Å²) >= 11 is 4.23. The molecule has 26 heavy (non-hydrogen) atoms. The lowest BCUT2D eigenvalue weighted by molar-refractivity contribution is -0.119. The topological polar surface area (TPSA) is 87.2 Å². The average molecular weight is 412 g/mol. The van der Waals surface area contributed by atoms with Crippen molar-refractivity contribution in [2.75, 3.05) is 30.0 Å². The number of nitrogens with zero attached hydrogens (tertiary/aromatic N) is 3. The van der Waals surface area contributed by atoms with E-state index in [4.69, 9.17) is 0 Å². The van der Waals surface area contributed by atoms with Gasteiger partial charge in [-0.15, -0.1) is 10.2 Å². The minimum absolute atomic E-state index is 0.157. The van der Waals surface area contributed by atoms with Gasteiger partial charge in [0.25, 0.3) is 5.91 Å². The van der Waals surface area contributed by atoms with Crippen molar-refractivity contribution in [1.29, 1.82) is 0 Å². The van der Waals surface area contributed by atoms with E-state index < -0.39 is 0 Å². The first-order valence-corrected chi connectivity index (χ1v) is 11.0. The van der Waals surface area contributed by atoms with Gasteiger partial charge in [0.05, 0.1) is 5.75 Å². The van der Waals surface area contributed by atoms with E-state index in [9.17, 15) is 9.59 Å². The van der Waals surface area contributed by atoms with Crippen LogP contribution in [0.3, 0.4) is 0 Å². The molecule has 1 aromatic carbocycles. The molecule has 2 amide bonds. The number of benzene rings is 1. The highest BCUT2D eigenvalue weighted by molar-refractivity contribution is 8.03. The van der Waals surface area contributed by atoms with Crippen LogP contribution >= 0.6 is 34.9 Å². The molecule has 140 valence electrons. The summed E-state index contributed by atoms with van der Waals surface area (Å²) in [5, 5.41) is 7.94. The van der Waals surface area contributed by atoms with Crippen molar-refractivity contribution in [1.82, 2.24) is 21.0 Å². The zero-order chi connectivity index (χ0) is 18.9. The molecule has 0 atom stereocenters. The Hall–Kier alpha value is -1.78. The Kier molecular flexibility index (Phi) is 8.20. The van der Waals surface area contributed by atoms with Crippen LogP contribution in [-0.4, -0.2) is 47.1 Å². The predicted molar refractivity (Wildman–Crippen MR) is 108 cm³/mol. The molecule has 0 spiro atoms. The van der Waals surface area contributed by atoms with Gasteiger partial charge in [0.15, 0.2) is 8.68 Å². The number of nitrogens with one attached hydrogen (secondary N) is 2. The summed E-state index contributed by atoms with van der Waals surface area (Å²) in [6, 6.07) is 7.29. The van der Waals surface area contributed by atoms with Crippen LogP contribution in [0.4, 0.5) is 5.69 Å². The molecule has 0 aliphatic carbocycles. The minimum atomic E-state index is -0.352. The van der Waals surface area contributed by atoms with Gasteiger partial charge in [-0.1, -0.05) is 34.9 Å². The summed E-state index contributed by atoms with van der Waals surface area (Å²) in [6.07, 6.45) is 1.92. The molecule has 2 rings (SSSR count). The fraction of sp³-hybridized carbons (Fsp3) is 0.375. The predicted octanol–water partition coefficient (Wildman–Crippen LogP) is 2.66. The van der Waals surface area contributed by atoms with Gasteiger partial charge in [-0.2, -0.15) is 0 Å². The van der Waals surface area contributed by atoms with E-state index in [0.717, 1.165) is 27.5 Å². The molecule has 10 heteroatoms. The van der Waals surface area contributed by atoms with Crippen LogP contribution in [0.15, 0.2) is 32.9 Å². The van der Waals surface area contributed by atoms with Gasteiger partial charge in [0, 0.05) is 24.3 Å². The molecule has 0 saturated heterocycles. The van der Waals surface area contributed by atoms with Crippen molar-refractivity contribution in [2.45, 2.75) is 22.5 Å². The lowest BCUT2D eigenvalue weighted by Crippen LogP contribution is -2.42. The van der Waals surface area contributed by atoms with Gasteiger partial charge in [-0.3, -0.25) is 20.4 Å². The first kappa shape index (κ1) is 20.5. The number of thioether (sulfide) groups is 2. The van der Waals surface area contributed by atoms with E-state index in [1.165, 1.54) is 34.9 Å². The number of carbonyl (C=O) groups excluding carboxylic acids is 2. The van der Waals surface area contributed by atoms with E-state index in [2.05, 4.69) is 39.8 Å². The third-order valence-electron chi connectivity index (χ3n) is 3.46. The fourth-order valence-corrected chi connectivity index (χ4v) is 4.35. The Morgan fingerprint density at radius 1 is 1.08 bits per heavy atom. The second-order valence-electron chi connectivity index (χ2n) is 5.05. The molecule has 0 saturated carbocycles. The number of carbonyl (C=O) groups is 2. The molecule has 1 aromatic heterocycles. The maximum absolute atomic E-state index is 12.1. The second-order valence-corrected chi connectivity index (χ2v) is 8.30. The van der Waals surface area contributed by atoms with Crippen molar-refractivity contribution < 1.29 is 9.59 Å². The highest BCUT2D eigenvalue weighted by atomic mass is 32.2. The molecule has 0 aliphatic rings. The van der Waals surface area contributed by atoms with Crippen LogP contribution in [0, 0.1) is 0 Å². The number of aromatic nitrogens is 2. The summed E-state index contributed by atoms with van der Waals surface area (Å²) in [7, 11) is 0. The second kappa shape index (κ2) is 10.4. The quantitative estimate of drug-likeness (QED) is 0.510.